The third kappa shape index (κ3) is 4.84. The van der Waals surface area contributed by atoms with E-state index in [1.807, 2.05) is 44.2 Å². The number of aromatic nitrogens is 3. The van der Waals surface area contributed by atoms with E-state index in [-0.39, 0.29) is 0 Å². The molecule has 1 unspecified atom stereocenters. The number of aliphatic imine (C=N–C) groups is 1. The summed E-state index contributed by atoms with van der Waals surface area (Å²) in [6.45, 7) is 6.74. The number of nitrogens with zero attached hydrogens (tertiary/aromatic N) is 5. The molecule has 1 N–H and O–H groups in total. The van der Waals surface area contributed by atoms with Gasteiger partial charge in [-0.15, -0.1) is 11.3 Å². The number of thiazole rings is 1. The molecule has 22 heavy (non-hydrogen) atoms. The SMILES string of the molecule is CN=C(NCC(C)Cn1cccn1)N(C)Cc1csc(C)n1. The second-order valence-electron chi connectivity index (χ2n) is 5.48. The second kappa shape index (κ2) is 7.93. The molecule has 2 aromatic rings. The van der Waals surface area contributed by atoms with Crippen LogP contribution in [-0.4, -0.2) is 46.3 Å². The first-order valence-electron chi connectivity index (χ1n) is 7.38. The van der Waals surface area contributed by atoms with E-state index in [0.717, 1.165) is 36.3 Å². The largest absolute Gasteiger partial charge is 0.356 e. The Kier molecular flexibility index (Phi) is 5.94. The molecule has 0 radical (unpaired) electrons. The predicted octanol–water partition coefficient (Wildman–Crippen LogP) is 1.99. The highest BCUT2D eigenvalue weighted by molar-refractivity contribution is 7.09. The van der Waals surface area contributed by atoms with E-state index < -0.39 is 0 Å². The van der Waals surface area contributed by atoms with Gasteiger partial charge in [-0.2, -0.15) is 5.10 Å². The van der Waals surface area contributed by atoms with Crippen LogP contribution >= 0.6 is 11.3 Å². The quantitative estimate of drug-likeness (QED) is 0.653. The lowest BCUT2D eigenvalue weighted by molar-refractivity contribution is 0.421. The molecule has 7 heteroatoms. The van der Waals surface area contributed by atoms with Crippen molar-refractivity contribution in [3.63, 3.8) is 0 Å². The summed E-state index contributed by atoms with van der Waals surface area (Å²) in [7, 11) is 3.84. The van der Waals surface area contributed by atoms with Gasteiger partial charge in [-0.3, -0.25) is 9.67 Å². The van der Waals surface area contributed by atoms with Gasteiger partial charge in [0, 0.05) is 45.0 Å². The number of hydrogen-bond donors (Lipinski definition) is 1. The lowest BCUT2D eigenvalue weighted by atomic mass is 10.2. The fourth-order valence-electron chi connectivity index (χ4n) is 2.24. The summed E-state index contributed by atoms with van der Waals surface area (Å²) in [5, 5.41) is 10.8. The summed E-state index contributed by atoms with van der Waals surface area (Å²) in [5.41, 5.74) is 1.08. The van der Waals surface area contributed by atoms with Crippen molar-refractivity contribution < 1.29 is 0 Å². The van der Waals surface area contributed by atoms with Crippen LogP contribution in [0.5, 0.6) is 0 Å². The Hall–Kier alpha value is -1.89. The molecule has 6 nitrogen and oxygen atoms in total. The van der Waals surface area contributed by atoms with E-state index >= 15 is 0 Å². The molecule has 2 heterocycles. The van der Waals surface area contributed by atoms with Crippen molar-refractivity contribution in [2.45, 2.75) is 26.9 Å². The van der Waals surface area contributed by atoms with Crippen LogP contribution in [-0.2, 0) is 13.1 Å². The Labute approximate surface area is 135 Å². The maximum absolute atomic E-state index is 4.49. The average Bonchev–Trinajstić information content (AvgIpc) is 3.11. The fraction of sp³-hybridized carbons (Fsp3) is 0.533. The van der Waals surface area contributed by atoms with Crippen molar-refractivity contribution in [3.05, 3.63) is 34.5 Å². The molecule has 0 aliphatic carbocycles. The van der Waals surface area contributed by atoms with E-state index in [0.29, 0.717) is 5.92 Å². The van der Waals surface area contributed by atoms with E-state index in [2.05, 4.69) is 37.6 Å². The number of nitrogens with one attached hydrogen (secondary N) is 1. The van der Waals surface area contributed by atoms with E-state index in [9.17, 15) is 0 Å². The van der Waals surface area contributed by atoms with Gasteiger partial charge >= 0.3 is 0 Å². The molecule has 0 aliphatic rings. The second-order valence-corrected chi connectivity index (χ2v) is 6.54. The standard InChI is InChI=1S/C15H24N6S/c1-12(9-21-7-5-6-18-21)8-17-15(16-3)20(4)10-14-11-22-13(2)19-14/h5-7,11-12H,8-10H2,1-4H3,(H,16,17). The van der Waals surface area contributed by atoms with Crippen molar-refractivity contribution in [2.24, 2.45) is 10.9 Å². The van der Waals surface area contributed by atoms with Crippen molar-refractivity contribution in [1.29, 1.82) is 0 Å². The summed E-state index contributed by atoms with van der Waals surface area (Å²) in [6.07, 6.45) is 3.80. The topological polar surface area (TPSA) is 58.3 Å². The van der Waals surface area contributed by atoms with Crippen LogP contribution in [0.25, 0.3) is 0 Å². The summed E-state index contributed by atoms with van der Waals surface area (Å²) < 4.78 is 1.96. The van der Waals surface area contributed by atoms with E-state index in [4.69, 9.17) is 0 Å². The van der Waals surface area contributed by atoms with Gasteiger partial charge in [0.1, 0.15) is 0 Å². The van der Waals surface area contributed by atoms with Crippen LogP contribution in [0.15, 0.2) is 28.8 Å². The molecule has 0 saturated carbocycles. The zero-order valence-electron chi connectivity index (χ0n) is 13.7. The van der Waals surface area contributed by atoms with Gasteiger partial charge in [0.25, 0.3) is 0 Å². The fourth-order valence-corrected chi connectivity index (χ4v) is 2.85. The molecule has 2 aromatic heterocycles. The number of aryl methyl sites for hydroxylation is 1. The minimum Gasteiger partial charge on any atom is -0.356 e. The van der Waals surface area contributed by atoms with Crippen molar-refractivity contribution >= 4 is 17.3 Å². The lowest BCUT2D eigenvalue weighted by Crippen LogP contribution is -2.40. The lowest BCUT2D eigenvalue weighted by Gasteiger charge is -2.23. The van der Waals surface area contributed by atoms with Gasteiger partial charge < -0.3 is 10.2 Å². The van der Waals surface area contributed by atoms with Gasteiger partial charge in [0.15, 0.2) is 5.96 Å². The van der Waals surface area contributed by atoms with Crippen LogP contribution in [0.3, 0.4) is 0 Å². The van der Waals surface area contributed by atoms with Crippen LogP contribution in [0, 0.1) is 12.8 Å². The molecule has 120 valence electrons. The predicted molar refractivity (Wildman–Crippen MR) is 91.1 cm³/mol. The zero-order chi connectivity index (χ0) is 15.9. The molecular weight excluding hydrogens is 296 g/mol. The van der Waals surface area contributed by atoms with Crippen LogP contribution < -0.4 is 5.32 Å². The maximum Gasteiger partial charge on any atom is 0.193 e. The van der Waals surface area contributed by atoms with Gasteiger partial charge in [-0.1, -0.05) is 6.92 Å². The highest BCUT2D eigenvalue weighted by atomic mass is 32.1. The molecule has 0 aromatic carbocycles. The monoisotopic (exact) mass is 320 g/mol. The average molecular weight is 320 g/mol. The van der Waals surface area contributed by atoms with E-state index in [1.54, 1.807) is 11.3 Å². The molecule has 0 saturated heterocycles. The zero-order valence-corrected chi connectivity index (χ0v) is 14.5. The first-order valence-corrected chi connectivity index (χ1v) is 8.26. The first-order chi connectivity index (χ1) is 10.6. The molecule has 0 bridgehead atoms. The summed E-state index contributed by atoms with van der Waals surface area (Å²) in [4.78, 5) is 10.9. The molecule has 1 atom stereocenters. The van der Waals surface area contributed by atoms with Gasteiger partial charge in [0.2, 0.25) is 0 Å². The van der Waals surface area contributed by atoms with Crippen molar-refractivity contribution in [1.82, 2.24) is 25.0 Å². The Morgan fingerprint density at radius 3 is 2.95 bits per heavy atom. The molecule has 0 fully saturated rings. The Balaban J connectivity index is 1.81. The Morgan fingerprint density at radius 2 is 2.36 bits per heavy atom. The summed E-state index contributed by atoms with van der Waals surface area (Å²) >= 11 is 1.68. The molecular formula is C15H24N6S. The smallest absolute Gasteiger partial charge is 0.193 e. The third-order valence-corrected chi connectivity index (χ3v) is 4.13. The molecule has 0 spiro atoms. The number of guanidine groups is 1. The van der Waals surface area contributed by atoms with Gasteiger partial charge in [-0.25, -0.2) is 4.98 Å². The van der Waals surface area contributed by atoms with Crippen LogP contribution in [0.4, 0.5) is 0 Å². The van der Waals surface area contributed by atoms with Crippen LogP contribution in [0.2, 0.25) is 0 Å². The third-order valence-electron chi connectivity index (χ3n) is 3.31. The minimum atomic E-state index is 0.464. The summed E-state index contributed by atoms with van der Waals surface area (Å²) in [5.74, 6) is 1.35. The normalized spacial score (nSPS) is 13.2. The maximum atomic E-state index is 4.49. The van der Waals surface area contributed by atoms with E-state index in [1.165, 1.54) is 0 Å². The van der Waals surface area contributed by atoms with Crippen molar-refractivity contribution in [2.75, 3.05) is 20.6 Å². The molecule has 0 aliphatic heterocycles. The molecule has 2 rings (SSSR count). The highest BCUT2D eigenvalue weighted by Crippen LogP contribution is 2.09. The number of rotatable bonds is 6. The van der Waals surface area contributed by atoms with Crippen molar-refractivity contribution in [3.8, 4) is 0 Å². The summed E-state index contributed by atoms with van der Waals surface area (Å²) in [6, 6.07) is 1.95. The number of hydrogen-bond acceptors (Lipinski definition) is 4. The Morgan fingerprint density at radius 1 is 1.55 bits per heavy atom. The Bertz CT molecular complexity index is 589. The highest BCUT2D eigenvalue weighted by Gasteiger charge is 2.10. The van der Waals surface area contributed by atoms with Gasteiger partial charge in [-0.05, 0) is 18.9 Å². The molecule has 0 amide bonds. The van der Waals surface area contributed by atoms with Crippen LogP contribution in [0.1, 0.15) is 17.6 Å². The minimum absolute atomic E-state index is 0.464. The van der Waals surface area contributed by atoms with Gasteiger partial charge in [0.05, 0.1) is 17.2 Å². The first kappa shape index (κ1) is 16.5.